The normalized spacial score (nSPS) is 20.6. The summed E-state index contributed by atoms with van der Waals surface area (Å²) in [6.45, 7) is -0.155. The van der Waals surface area contributed by atoms with E-state index in [0.717, 1.165) is 30.5 Å². The Morgan fingerprint density at radius 3 is 2.43 bits per heavy atom. The third-order valence-electron chi connectivity index (χ3n) is 7.11. The molecule has 2 N–H and O–H groups in total. The molecule has 0 bridgehead atoms. The lowest BCUT2D eigenvalue weighted by molar-refractivity contribution is -0.124. The predicted octanol–water partition coefficient (Wildman–Crippen LogP) is 3.15. The molecule has 37 heavy (non-hydrogen) atoms. The van der Waals surface area contributed by atoms with E-state index in [0.29, 0.717) is 31.4 Å². The molecule has 1 aliphatic heterocycles. The third kappa shape index (κ3) is 5.51. The standard InChI is InChI=1S/C26H29FN4O5S/c27-16-13-22-24(28-14-16)30(19-9-11-37-12-10-19)26(35)31(25(22)34)18-3-1-17(2-4-18)29-23(33)15-36-21-7-5-20(32)6-8-21/h5-8,13-14,17-19,32H,1-4,9-12,15H2,(H,29,33). The second-order valence-electron chi connectivity index (χ2n) is 9.55. The zero-order valence-corrected chi connectivity index (χ0v) is 21.1. The highest BCUT2D eigenvalue weighted by molar-refractivity contribution is 7.99. The number of amides is 1. The summed E-state index contributed by atoms with van der Waals surface area (Å²) in [4.78, 5) is 43.6. The molecule has 0 radical (unpaired) electrons. The number of carbonyl (C=O) groups is 1. The van der Waals surface area contributed by atoms with Crippen LogP contribution in [-0.4, -0.2) is 49.3 Å². The number of thioether (sulfide) groups is 1. The molecule has 9 nitrogen and oxygen atoms in total. The number of carbonyl (C=O) groups excluding carboxylic acids is 1. The molecule has 1 saturated carbocycles. The smallest absolute Gasteiger partial charge is 0.333 e. The van der Waals surface area contributed by atoms with E-state index in [1.165, 1.54) is 22.8 Å². The minimum absolute atomic E-state index is 0.0785. The molecule has 1 saturated heterocycles. The highest BCUT2D eigenvalue weighted by Crippen LogP contribution is 2.30. The Balaban J connectivity index is 1.31. The van der Waals surface area contributed by atoms with Crippen molar-refractivity contribution in [2.75, 3.05) is 18.1 Å². The first-order valence-electron chi connectivity index (χ1n) is 12.5. The van der Waals surface area contributed by atoms with E-state index < -0.39 is 11.4 Å². The van der Waals surface area contributed by atoms with Crippen LogP contribution in [0.3, 0.4) is 0 Å². The minimum Gasteiger partial charge on any atom is -0.508 e. The van der Waals surface area contributed by atoms with E-state index in [2.05, 4.69) is 10.3 Å². The number of fused-ring (bicyclic) bond motifs is 1. The molecule has 0 unspecified atom stereocenters. The van der Waals surface area contributed by atoms with Gasteiger partial charge in [-0.3, -0.25) is 18.7 Å². The SMILES string of the molecule is O=C(COc1ccc(O)cc1)NC1CCC(n2c(=O)c3cc(F)cnc3n(C3CCSCC3)c2=O)CC1. The fourth-order valence-corrected chi connectivity index (χ4v) is 6.32. The maximum Gasteiger partial charge on any atom is 0.333 e. The van der Waals surface area contributed by atoms with E-state index in [9.17, 15) is 23.9 Å². The second-order valence-corrected chi connectivity index (χ2v) is 10.8. The van der Waals surface area contributed by atoms with Crippen LogP contribution in [0.4, 0.5) is 4.39 Å². The summed E-state index contributed by atoms with van der Waals surface area (Å²) in [5.41, 5.74) is -0.648. The fourth-order valence-electron chi connectivity index (χ4n) is 5.24. The topological polar surface area (TPSA) is 115 Å². The van der Waals surface area contributed by atoms with E-state index in [-0.39, 0.29) is 53.1 Å². The van der Waals surface area contributed by atoms with Gasteiger partial charge >= 0.3 is 5.69 Å². The third-order valence-corrected chi connectivity index (χ3v) is 8.16. The van der Waals surface area contributed by atoms with Crippen molar-refractivity contribution in [3.8, 4) is 11.5 Å². The van der Waals surface area contributed by atoms with Gasteiger partial charge in [0.05, 0.1) is 11.6 Å². The molecule has 5 rings (SSSR count). The number of benzene rings is 1. The van der Waals surface area contributed by atoms with Gasteiger partial charge in [0.15, 0.2) is 6.61 Å². The van der Waals surface area contributed by atoms with Gasteiger partial charge in [0.1, 0.15) is 23.0 Å². The summed E-state index contributed by atoms with van der Waals surface area (Å²) < 4.78 is 22.4. The first kappa shape index (κ1) is 25.3. The molecule has 11 heteroatoms. The molecule has 196 valence electrons. The lowest BCUT2D eigenvalue weighted by Gasteiger charge is -2.31. The number of nitrogens with one attached hydrogen (secondary N) is 1. The average molecular weight is 529 g/mol. The Morgan fingerprint density at radius 1 is 1.05 bits per heavy atom. The number of hydrogen-bond acceptors (Lipinski definition) is 7. The number of phenolic OH excluding ortho intramolecular Hbond substituents is 1. The molecule has 3 aromatic rings. The van der Waals surface area contributed by atoms with Gasteiger partial charge in [0.2, 0.25) is 0 Å². The number of hydrogen-bond donors (Lipinski definition) is 2. The quantitative estimate of drug-likeness (QED) is 0.505. The number of phenols is 1. The number of ether oxygens (including phenoxy) is 1. The van der Waals surface area contributed by atoms with Crippen LogP contribution in [-0.2, 0) is 4.79 Å². The molecular weight excluding hydrogens is 499 g/mol. The number of aromatic nitrogens is 3. The molecule has 0 spiro atoms. The molecule has 0 atom stereocenters. The summed E-state index contributed by atoms with van der Waals surface area (Å²) >= 11 is 1.83. The van der Waals surface area contributed by atoms with Crippen molar-refractivity contribution in [1.29, 1.82) is 0 Å². The Hall–Kier alpha value is -3.34. The van der Waals surface area contributed by atoms with Gasteiger partial charge in [-0.25, -0.2) is 14.2 Å². The van der Waals surface area contributed by atoms with Gasteiger partial charge in [-0.1, -0.05) is 0 Å². The minimum atomic E-state index is -0.610. The summed E-state index contributed by atoms with van der Waals surface area (Å²) in [5.74, 6) is 1.55. The van der Waals surface area contributed by atoms with E-state index >= 15 is 0 Å². The van der Waals surface area contributed by atoms with Crippen molar-refractivity contribution < 1.29 is 19.0 Å². The van der Waals surface area contributed by atoms with E-state index in [1.807, 2.05) is 11.8 Å². The molecule has 1 aromatic carbocycles. The Bertz CT molecular complexity index is 1390. The predicted molar refractivity (Wildman–Crippen MR) is 139 cm³/mol. The van der Waals surface area contributed by atoms with Gasteiger partial charge in [0, 0.05) is 18.1 Å². The van der Waals surface area contributed by atoms with Crippen LogP contribution in [0, 0.1) is 5.82 Å². The van der Waals surface area contributed by atoms with Gasteiger partial charge in [-0.05, 0) is 80.4 Å². The number of aromatic hydroxyl groups is 1. The van der Waals surface area contributed by atoms with Gasteiger partial charge in [-0.2, -0.15) is 11.8 Å². The molecular formula is C26H29FN4O5S. The lowest BCUT2D eigenvalue weighted by Crippen LogP contribution is -2.47. The molecule has 1 aliphatic carbocycles. The summed E-state index contributed by atoms with van der Waals surface area (Å²) in [6.07, 6.45) is 4.91. The van der Waals surface area contributed by atoms with Crippen LogP contribution < -0.4 is 21.3 Å². The summed E-state index contributed by atoms with van der Waals surface area (Å²) in [6, 6.07) is 6.78. The fraction of sp³-hybridized carbons (Fsp3) is 0.462. The van der Waals surface area contributed by atoms with Crippen LogP contribution in [0.25, 0.3) is 11.0 Å². The Kier molecular flexibility index (Phi) is 7.50. The van der Waals surface area contributed by atoms with Crippen LogP contribution in [0.1, 0.15) is 50.6 Å². The second kappa shape index (κ2) is 11.0. The Morgan fingerprint density at radius 2 is 1.73 bits per heavy atom. The van der Waals surface area contributed by atoms with Gasteiger partial charge < -0.3 is 15.2 Å². The molecule has 2 fully saturated rings. The maximum atomic E-state index is 14.1. The summed E-state index contributed by atoms with van der Waals surface area (Å²) in [7, 11) is 0. The van der Waals surface area contributed by atoms with Gasteiger partial charge in [0.25, 0.3) is 11.5 Å². The number of rotatable bonds is 6. The van der Waals surface area contributed by atoms with Crippen molar-refractivity contribution in [3.63, 3.8) is 0 Å². The molecule has 3 heterocycles. The van der Waals surface area contributed by atoms with Crippen LogP contribution in [0.5, 0.6) is 11.5 Å². The monoisotopic (exact) mass is 528 g/mol. The van der Waals surface area contributed by atoms with Gasteiger partial charge in [-0.15, -0.1) is 0 Å². The van der Waals surface area contributed by atoms with Crippen molar-refractivity contribution in [3.05, 3.63) is 63.2 Å². The van der Waals surface area contributed by atoms with Crippen molar-refractivity contribution in [2.24, 2.45) is 0 Å². The number of halogens is 1. The van der Waals surface area contributed by atoms with Crippen molar-refractivity contribution in [1.82, 2.24) is 19.4 Å². The van der Waals surface area contributed by atoms with E-state index in [4.69, 9.17) is 4.74 Å². The Labute approximate surface area is 216 Å². The maximum absolute atomic E-state index is 14.1. The van der Waals surface area contributed by atoms with Crippen LogP contribution in [0.2, 0.25) is 0 Å². The number of nitrogens with zero attached hydrogens (tertiary/aromatic N) is 3. The lowest BCUT2D eigenvalue weighted by atomic mass is 9.91. The molecule has 1 amide bonds. The summed E-state index contributed by atoms with van der Waals surface area (Å²) in [5, 5.41) is 12.4. The van der Waals surface area contributed by atoms with E-state index in [1.54, 1.807) is 16.7 Å². The zero-order chi connectivity index (χ0) is 25.9. The van der Waals surface area contributed by atoms with Crippen molar-refractivity contribution in [2.45, 2.75) is 56.7 Å². The highest BCUT2D eigenvalue weighted by Gasteiger charge is 2.29. The first-order valence-corrected chi connectivity index (χ1v) is 13.7. The average Bonchev–Trinajstić information content (AvgIpc) is 2.90. The van der Waals surface area contributed by atoms with Crippen molar-refractivity contribution >= 4 is 28.7 Å². The van der Waals surface area contributed by atoms with Crippen LogP contribution >= 0.6 is 11.8 Å². The zero-order valence-electron chi connectivity index (χ0n) is 20.3. The molecule has 2 aromatic heterocycles. The first-order chi connectivity index (χ1) is 17.9. The highest BCUT2D eigenvalue weighted by atomic mass is 32.2. The largest absolute Gasteiger partial charge is 0.508 e. The molecule has 2 aliphatic rings. The number of pyridine rings is 1. The van der Waals surface area contributed by atoms with Crippen LogP contribution in [0.15, 0.2) is 46.1 Å².